The Hall–Kier alpha value is -2.34. The minimum absolute atomic E-state index is 0.396. The number of ether oxygens (including phenoxy) is 1. The van der Waals surface area contributed by atoms with Crippen LogP contribution in [0.1, 0.15) is 12.0 Å². The summed E-state index contributed by atoms with van der Waals surface area (Å²) < 4.78 is 5.47. The molecule has 0 aliphatic heterocycles. The first kappa shape index (κ1) is 11.2. The summed E-state index contributed by atoms with van der Waals surface area (Å²) in [5.74, 6) is 0.396. The van der Waals surface area contributed by atoms with Gasteiger partial charge in [0.1, 0.15) is 11.6 Å². The minimum Gasteiger partial charge on any atom is -0.476 e. The van der Waals surface area contributed by atoms with E-state index in [-0.39, 0.29) is 0 Å². The molecule has 3 nitrogen and oxygen atoms in total. The first-order chi connectivity index (χ1) is 8.35. The number of hydrogen-bond acceptors (Lipinski definition) is 3. The first-order valence-corrected chi connectivity index (χ1v) is 5.38. The van der Waals surface area contributed by atoms with Gasteiger partial charge in [-0.2, -0.15) is 5.26 Å². The van der Waals surface area contributed by atoms with E-state index < -0.39 is 0 Å². The van der Waals surface area contributed by atoms with Gasteiger partial charge in [0, 0.05) is 5.39 Å². The van der Waals surface area contributed by atoms with Gasteiger partial charge in [0.15, 0.2) is 0 Å². The number of rotatable bonds is 4. The van der Waals surface area contributed by atoms with Crippen molar-refractivity contribution in [1.82, 2.24) is 4.98 Å². The number of para-hydroxylation sites is 1. The summed E-state index contributed by atoms with van der Waals surface area (Å²) in [5, 5.41) is 9.99. The summed E-state index contributed by atoms with van der Waals surface area (Å²) in [6, 6.07) is 11.6. The number of fused-ring (bicyclic) bond motifs is 1. The van der Waals surface area contributed by atoms with Crippen molar-refractivity contribution < 1.29 is 4.74 Å². The van der Waals surface area contributed by atoms with Crippen molar-refractivity contribution in [2.24, 2.45) is 0 Å². The number of nitriles is 1. The Labute approximate surface area is 100.0 Å². The fourth-order valence-corrected chi connectivity index (χ4v) is 1.53. The Balaban J connectivity index is 2.39. The van der Waals surface area contributed by atoms with Crippen molar-refractivity contribution in [1.29, 1.82) is 5.26 Å². The van der Waals surface area contributed by atoms with E-state index in [1.807, 2.05) is 24.3 Å². The summed E-state index contributed by atoms with van der Waals surface area (Å²) >= 11 is 0. The third-order valence-electron chi connectivity index (χ3n) is 2.37. The van der Waals surface area contributed by atoms with Crippen LogP contribution in [0.2, 0.25) is 0 Å². The van der Waals surface area contributed by atoms with Gasteiger partial charge in [0.25, 0.3) is 0 Å². The van der Waals surface area contributed by atoms with Crippen LogP contribution in [0.25, 0.3) is 10.9 Å². The molecule has 0 spiro atoms. The van der Waals surface area contributed by atoms with Gasteiger partial charge in [-0.15, -0.1) is 6.58 Å². The number of hydrogen-bond donors (Lipinski definition) is 0. The summed E-state index contributed by atoms with van der Waals surface area (Å²) in [6.07, 6.45) is 2.51. The highest BCUT2D eigenvalue weighted by molar-refractivity contribution is 5.80. The topological polar surface area (TPSA) is 45.9 Å². The first-order valence-electron chi connectivity index (χ1n) is 5.38. The van der Waals surface area contributed by atoms with Crippen LogP contribution in [0.15, 0.2) is 43.0 Å². The predicted octanol–water partition coefficient (Wildman–Crippen LogP) is 3.06. The molecule has 17 heavy (non-hydrogen) atoms. The second-order valence-electron chi connectivity index (χ2n) is 3.57. The molecule has 0 bridgehead atoms. The van der Waals surface area contributed by atoms with E-state index in [4.69, 9.17) is 10.00 Å². The average molecular weight is 224 g/mol. The van der Waals surface area contributed by atoms with E-state index in [1.165, 1.54) is 0 Å². The van der Waals surface area contributed by atoms with Gasteiger partial charge in [-0.05, 0) is 18.6 Å². The molecule has 0 saturated heterocycles. The highest BCUT2D eigenvalue weighted by Crippen LogP contribution is 2.21. The molecule has 1 heterocycles. The maximum atomic E-state index is 9.04. The molecule has 0 fully saturated rings. The van der Waals surface area contributed by atoms with Crippen molar-refractivity contribution in [3.05, 3.63) is 48.6 Å². The normalized spacial score (nSPS) is 9.82. The van der Waals surface area contributed by atoms with Gasteiger partial charge in [-0.3, -0.25) is 0 Å². The Morgan fingerprint density at radius 2 is 2.24 bits per heavy atom. The quantitative estimate of drug-likeness (QED) is 0.592. The fraction of sp³-hybridized carbons (Fsp3) is 0.143. The van der Waals surface area contributed by atoms with Crippen LogP contribution < -0.4 is 4.74 Å². The zero-order valence-electron chi connectivity index (χ0n) is 9.39. The van der Waals surface area contributed by atoms with E-state index in [1.54, 1.807) is 12.1 Å². The summed E-state index contributed by atoms with van der Waals surface area (Å²) in [4.78, 5) is 4.34. The smallest absolute Gasteiger partial charge is 0.232 e. The van der Waals surface area contributed by atoms with Gasteiger partial charge in [-0.25, -0.2) is 4.98 Å². The molecule has 1 aromatic heterocycles. The molecule has 3 heteroatoms. The Morgan fingerprint density at radius 3 is 3.00 bits per heavy atom. The van der Waals surface area contributed by atoms with Crippen molar-refractivity contribution in [2.45, 2.75) is 6.42 Å². The lowest BCUT2D eigenvalue weighted by Crippen LogP contribution is -2.00. The Morgan fingerprint density at radius 1 is 1.41 bits per heavy atom. The number of nitrogens with zero attached hydrogens (tertiary/aromatic N) is 2. The lowest BCUT2D eigenvalue weighted by molar-refractivity contribution is 0.312. The molecule has 1 aromatic carbocycles. The molecular weight excluding hydrogens is 212 g/mol. The van der Waals surface area contributed by atoms with E-state index in [2.05, 4.69) is 17.6 Å². The molecule has 84 valence electrons. The van der Waals surface area contributed by atoms with E-state index in [9.17, 15) is 0 Å². The molecule has 0 N–H and O–H groups in total. The van der Waals surface area contributed by atoms with Crippen molar-refractivity contribution in [2.75, 3.05) is 6.61 Å². The Kier molecular flexibility index (Phi) is 3.37. The van der Waals surface area contributed by atoms with Gasteiger partial charge in [0.05, 0.1) is 12.1 Å². The standard InChI is InChI=1S/C14H12N2O/c1-2-3-8-17-14-12(10-15)9-11-6-4-5-7-13(11)16-14/h2,4-7,9H,1,3,8H2. The van der Waals surface area contributed by atoms with Crippen molar-refractivity contribution in [3.8, 4) is 11.9 Å². The monoisotopic (exact) mass is 224 g/mol. The second kappa shape index (κ2) is 5.13. The third-order valence-corrected chi connectivity index (χ3v) is 2.37. The predicted molar refractivity (Wildman–Crippen MR) is 66.8 cm³/mol. The zero-order valence-corrected chi connectivity index (χ0v) is 9.39. The highest BCUT2D eigenvalue weighted by Gasteiger charge is 2.07. The average Bonchev–Trinajstić information content (AvgIpc) is 2.38. The number of aromatic nitrogens is 1. The number of pyridine rings is 1. The molecule has 0 amide bonds. The molecule has 2 aromatic rings. The van der Waals surface area contributed by atoms with Crippen LogP contribution in [0.4, 0.5) is 0 Å². The van der Waals surface area contributed by atoms with Gasteiger partial charge >= 0.3 is 0 Å². The van der Waals surface area contributed by atoms with Crippen LogP contribution in [0, 0.1) is 11.3 Å². The molecule has 0 atom stereocenters. The van der Waals surface area contributed by atoms with Crippen molar-refractivity contribution in [3.63, 3.8) is 0 Å². The highest BCUT2D eigenvalue weighted by atomic mass is 16.5. The fourth-order valence-electron chi connectivity index (χ4n) is 1.53. The maximum Gasteiger partial charge on any atom is 0.232 e. The van der Waals surface area contributed by atoms with Gasteiger partial charge in [-0.1, -0.05) is 24.3 Å². The molecule has 0 radical (unpaired) electrons. The molecule has 0 saturated carbocycles. The largest absolute Gasteiger partial charge is 0.476 e. The van der Waals surface area contributed by atoms with Crippen LogP contribution >= 0.6 is 0 Å². The lowest BCUT2D eigenvalue weighted by atomic mass is 10.1. The third kappa shape index (κ3) is 2.43. The van der Waals surface area contributed by atoms with E-state index in [0.29, 0.717) is 18.1 Å². The SMILES string of the molecule is C=CCCOc1nc2ccccc2cc1C#N. The molecule has 0 unspecified atom stereocenters. The zero-order chi connectivity index (χ0) is 12.1. The van der Waals surface area contributed by atoms with Gasteiger partial charge in [0.2, 0.25) is 5.88 Å². The van der Waals surface area contributed by atoms with Crippen LogP contribution in [0.5, 0.6) is 5.88 Å². The van der Waals surface area contributed by atoms with E-state index in [0.717, 1.165) is 17.3 Å². The molecular formula is C14H12N2O. The minimum atomic E-state index is 0.396. The Bertz CT molecular complexity index is 584. The summed E-state index contributed by atoms with van der Waals surface area (Å²) in [7, 11) is 0. The maximum absolute atomic E-state index is 9.04. The van der Waals surface area contributed by atoms with Crippen LogP contribution in [-0.2, 0) is 0 Å². The summed E-state index contributed by atoms with van der Waals surface area (Å²) in [6.45, 7) is 4.11. The molecule has 0 aliphatic rings. The van der Waals surface area contributed by atoms with E-state index >= 15 is 0 Å². The van der Waals surface area contributed by atoms with Crippen LogP contribution in [-0.4, -0.2) is 11.6 Å². The molecule has 0 aliphatic carbocycles. The second-order valence-corrected chi connectivity index (χ2v) is 3.57. The lowest BCUT2D eigenvalue weighted by Gasteiger charge is -2.06. The molecule has 2 rings (SSSR count). The van der Waals surface area contributed by atoms with Crippen molar-refractivity contribution >= 4 is 10.9 Å². The van der Waals surface area contributed by atoms with Crippen LogP contribution in [0.3, 0.4) is 0 Å². The van der Waals surface area contributed by atoms with Gasteiger partial charge < -0.3 is 4.74 Å². The number of benzene rings is 1. The summed E-state index contributed by atoms with van der Waals surface area (Å²) in [5.41, 5.74) is 1.30.